The first-order valence-corrected chi connectivity index (χ1v) is 10.1. The van der Waals surface area contributed by atoms with Crippen LogP contribution < -0.4 is 4.74 Å². The number of piperidine rings is 1. The van der Waals surface area contributed by atoms with Gasteiger partial charge in [0.1, 0.15) is 5.82 Å². The highest BCUT2D eigenvalue weighted by Crippen LogP contribution is 2.24. The van der Waals surface area contributed by atoms with Gasteiger partial charge in [0.15, 0.2) is 0 Å². The highest BCUT2D eigenvalue weighted by atomic mass is 19.1. The minimum atomic E-state index is -0.386. The number of pyridine rings is 1. The lowest BCUT2D eigenvalue weighted by Gasteiger charge is -2.32. The highest BCUT2D eigenvalue weighted by Gasteiger charge is 2.26. The number of carbonyl (C=O) groups is 1. The minimum absolute atomic E-state index is 0.0483. The van der Waals surface area contributed by atoms with Crippen molar-refractivity contribution in [2.45, 2.75) is 26.2 Å². The Bertz CT molecular complexity index is 1010. The second-order valence-corrected chi connectivity index (χ2v) is 7.27. The van der Waals surface area contributed by atoms with E-state index < -0.39 is 0 Å². The van der Waals surface area contributed by atoms with Crippen molar-refractivity contribution in [3.05, 3.63) is 59.9 Å². The molecular formula is C22H23FN4O3. The molecule has 3 aromatic rings. The maximum atomic E-state index is 13.9. The summed E-state index contributed by atoms with van der Waals surface area (Å²) in [5.41, 5.74) is 0.856. The molecule has 0 saturated carbocycles. The monoisotopic (exact) mass is 410 g/mol. The number of halogens is 1. The molecule has 1 unspecified atom stereocenters. The number of aromatic nitrogens is 3. The van der Waals surface area contributed by atoms with E-state index in [0.717, 1.165) is 12.8 Å². The number of rotatable bonds is 6. The lowest BCUT2D eigenvalue weighted by molar-refractivity contribution is 0.0667. The molecular weight excluding hydrogens is 387 g/mol. The molecule has 0 N–H and O–H groups in total. The molecule has 7 nitrogen and oxygen atoms in total. The molecule has 4 rings (SSSR count). The first-order valence-electron chi connectivity index (χ1n) is 10.1. The summed E-state index contributed by atoms with van der Waals surface area (Å²) < 4.78 is 24.6. The Hall–Kier alpha value is -3.29. The van der Waals surface area contributed by atoms with E-state index in [1.807, 2.05) is 11.8 Å². The molecule has 8 heteroatoms. The molecule has 30 heavy (non-hydrogen) atoms. The predicted octanol–water partition coefficient (Wildman–Crippen LogP) is 3.76. The van der Waals surface area contributed by atoms with E-state index >= 15 is 0 Å². The van der Waals surface area contributed by atoms with E-state index in [4.69, 9.17) is 9.26 Å². The quantitative estimate of drug-likeness (QED) is 0.615. The highest BCUT2D eigenvalue weighted by molar-refractivity contribution is 5.94. The van der Waals surface area contributed by atoms with Gasteiger partial charge < -0.3 is 14.2 Å². The maximum Gasteiger partial charge on any atom is 0.255 e. The zero-order valence-corrected chi connectivity index (χ0v) is 16.8. The van der Waals surface area contributed by atoms with E-state index in [1.54, 1.807) is 36.5 Å². The van der Waals surface area contributed by atoms with Crippen LogP contribution in [-0.2, 0) is 6.42 Å². The summed E-state index contributed by atoms with van der Waals surface area (Å²) >= 11 is 0. The van der Waals surface area contributed by atoms with Crippen LogP contribution in [-0.4, -0.2) is 45.6 Å². The number of amides is 1. The maximum absolute atomic E-state index is 13.9. The SMILES string of the molecule is CCOc1ccc(C(=O)N2CCCC(Cc3nc(-c4ccccc4F)no3)C2)cn1. The molecule has 0 aliphatic carbocycles. The molecule has 1 atom stereocenters. The molecule has 1 amide bonds. The third kappa shape index (κ3) is 4.48. The molecule has 0 radical (unpaired) electrons. The number of carbonyl (C=O) groups excluding carboxylic acids is 1. The number of benzene rings is 1. The van der Waals surface area contributed by atoms with Gasteiger partial charge in [-0.25, -0.2) is 9.37 Å². The van der Waals surface area contributed by atoms with Gasteiger partial charge in [-0.2, -0.15) is 4.98 Å². The van der Waals surface area contributed by atoms with Gasteiger partial charge in [0, 0.05) is 31.8 Å². The van der Waals surface area contributed by atoms with Crippen LogP contribution in [0.2, 0.25) is 0 Å². The van der Waals surface area contributed by atoms with Gasteiger partial charge in [0.05, 0.1) is 17.7 Å². The van der Waals surface area contributed by atoms with Crippen molar-refractivity contribution in [3.8, 4) is 17.3 Å². The van der Waals surface area contributed by atoms with Crippen LogP contribution in [0, 0.1) is 11.7 Å². The Kier molecular flexibility index (Phi) is 6.02. The lowest BCUT2D eigenvalue weighted by Crippen LogP contribution is -2.40. The number of hydrogen-bond acceptors (Lipinski definition) is 6. The van der Waals surface area contributed by atoms with Gasteiger partial charge >= 0.3 is 0 Å². The number of hydrogen-bond donors (Lipinski definition) is 0. The van der Waals surface area contributed by atoms with Crippen molar-refractivity contribution in [2.75, 3.05) is 19.7 Å². The van der Waals surface area contributed by atoms with Crippen molar-refractivity contribution in [1.82, 2.24) is 20.0 Å². The average Bonchev–Trinajstić information content (AvgIpc) is 3.23. The summed E-state index contributed by atoms with van der Waals surface area (Å²) in [7, 11) is 0. The predicted molar refractivity (Wildman–Crippen MR) is 107 cm³/mol. The summed E-state index contributed by atoms with van der Waals surface area (Å²) in [6.45, 7) is 3.72. The van der Waals surface area contributed by atoms with Gasteiger partial charge in [-0.3, -0.25) is 4.79 Å². The molecule has 2 aromatic heterocycles. The van der Waals surface area contributed by atoms with Gasteiger partial charge in [0.2, 0.25) is 17.6 Å². The topological polar surface area (TPSA) is 81.4 Å². The zero-order valence-electron chi connectivity index (χ0n) is 16.8. The number of nitrogens with zero attached hydrogens (tertiary/aromatic N) is 4. The molecule has 1 saturated heterocycles. The van der Waals surface area contributed by atoms with Gasteiger partial charge in [-0.1, -0.05) is 17.3 Å². The van der Waals surface area contributed by atoms with Crippen molar-refractivity contribution < 1.29 is 18.4 Å². The van der Waals surface area contributed by atoms with Crippen LogP contribution in [0.25, 0.3) is 11.4 Å². The molecule has 1 aliphatic heterocycles. The molecule has 156 valence electrons. The fourth-order valence-corrected chi connectivity index (χ4v) is 3.68. The minimum Gasteiger partial charge on any atom is -0.478 e. The van der Waals surface area contributed by atoms with E-state index in [0.29, 0.717) is 49.0 Å². The summed E-state index contributed by atoms with van der Waals surface area (Å²) in [6.07, 6.45) is 3.96. The van der Waals surface area contributed by atoms with E-state index in [9.17, 15) is 9.18 Å². The average molecular weight is 410 g/mol. The second-order valence-electron chi connectivity index (χ2n) is 7.27. The summed E-state index contributed by atoms with van der Waals surface area (Å²) in [6, 6.07) is 9.78. The van der Waals surface area contributed by atoms with Crippen LogP contribution in [0.3, 0.4) is 0 Å². The first-order chi connectivity index (χ1) is 14.6. The summed E-state index contributed by atoms with van der Waals surface area (Å²) in [4.78, 5) is 23.2. The van der Waals surface area contributed by atoms with Crippen LogP contribution >= 0.6 is 0 Å². The number of likely N-dealkylation sites (tertiary alicyclic amines) is 1. The summed E-state index contributed by atoms with van der Waals surface area (Å²) in [5.74, 6) is 0.971. The van der Waals surface area contributed by atoms with Crippen LogP contribution in [0.15, 0.2) is 47.1 Å². The smallest absolute Gasteiger partial charge is 0.255 e. The first kappa shape index (κ1) is 20.0. The van der Waals surface area contributed by atoms with Gasteiger partial charge in [0.25, 0.3) is 5.91 Å². The summed E-state index contributed by atoms with van der Waals surface area (Å²) in [5, 5.41) is 3.91. The normalized spacial score (nSPS) is 16.5. The molecule has 1 fully saturated rings. The van der Waals surface area contributed by atoms with Crippen LogP contribution in [0.1, 0.15) is 36.0 Å². The molecule has 1 aromatic carbocycles. The van der Waals surface area contributed by atoms with E-state index in [2.05, 4.69) is 15.1 Å². The van der Waals surface area contributed by atoms with E-state index in [-0.39, 0.29) is 23.5 Å². The molecule has 1 aliphatic rings. The standard InChI is InChI=1S/C22H23FN4O3/c1-2-29-19-10-9-16(13-24-19)22(28)27-11-5-6-15(14-27)12-20-25-21(26-30-20)17-7-3-4-8-18(17)23/h3-4,7-10,13,15H,2,5-6,11-12,14H2,1H3. The Morgan fingerprint density at radius 3 is 2.93 bits per heavy atom. The Balaban J connectivity index is 1.39. The fraction of sp³-hybridized carbons (Fsp3) is 0.364. The zero-order chi connectivity index (χ0) is 20.9. The van der Waals surface area contributed by atoms with Crippen molar-refractivity contribution in [1.29, 1.82) is 0 Å². The van der Waals surface area contributed by atoms with Crippen LogP contribution in [0.5, 0.6) is 5.88 Å². The fourth-order valence-electron chi connectivity index (χ4n) is 3.68. The molecule has 3 heterocycles. The molecule has 0 bridgehead atoms. The van der Waals surface area contributed by atoms with Crippen molar-refractivity contribution in [3.63, 3.8) is 0 Å². The lowest BCUT2D eigenvalue weighted by atomic mass is 9.94. The van der Waals surface area contributed by atoms with Gasteiger partial charge in [-0.15, -0.1) is 0 Å². The van der Waals surface area contributed by atoms with Gasteiger partial charge in [-0.05, 0) is 43.9 Å². The van der Waals surface area contributed by atoms with Crippen LogP contribution in [0.4, 0.5) is 4.39 Å². The Morgan fingerprint density at radius 2 is 2.17 bits per heavy atom. The third-order valence-corrected chi connectivity index (χ3v) is 5.13. The molecule has 0 spiro atoms. The third-order valence-electron chi connectivity index (χ3n) is 5.13. The Morgan fingerprint density at radius 1 is 1.30 bits per heavy atom. The largest absolute Gasteiger partial charge is 0.478 e. The van der Waals surface area contributed by atoms with Crippen molar-refractivity contribution in [2.24, 2.45) is 5.92 Å². The van der Waals surface area contributed by atoms with Crippen molar-refractivity contribution >= 4 is 5.91 Å². The second kappa shape index (κ2) is 9.02. The number of ether oxygens (including phenoxy) is 1. The van der Waals surface area contributed by atoms with E-state index in [1.165, 1.54) is 6.07 Å². The Labute approximate surface area is 173 Å².